The number of ether oxygens (including phenoxy) is 2. The Balaban J connectivity index is 2.39. The Hall–Kier alpha value is -2.22. The fourth-order valence-corrected chi connectivity index (χ4v) is 7.94. The minimum atomic E-state index is -5.03. The molecule has 12 nitrogen and oxygen atoms in total. The number of rotatable bonds is 40. The summed E-state index contributed by atoms with van der Waals surface area (Å²) in [5, 5.41) is 50.2. The molecule has 1 aliphatic rings. The molecule has 1 fully saturated rings. The van der Waals surface area contributed by atoms with Gasteiger partial charge in [0.25, 0.3) is 0 Å². The Morgan fingerprint density at radius 1 is 0.524 bits per heavy atom. The molecule has 1 saturated carbocycles. The van der Waals surface area contributed by atoms with E-state index in [1.54, 1.807) is 0 Å². The van der Waals surface area contributed by atoms with Crippen LogP contribution in [-0.4, -0.2) is 98.9 Å². The van der Waals surface area contributed by atoms with Gasteiger partial charge in [-0.25, -0.2) is 4.57 Å². The average Bonchev–Trinajstić information content (AvgIpc) is 3.27. The van der Waals surface area contributed by atoms with Crippen molar-refractivity contribution >= 4 is 13.8 Å². The van der Waals surface area contributed by atoms with Gasteiger partial charge in [0.15, 0.2) is 0 Å². The first-order valence-corrected chi connectivity index (χ1v) is 25.8. The summed E-state index contributed by atoms with van der Waals surface area (Å²) in [6.07, 6.45) is 39.6. The van der Waals surface area contributed by atoms with E-state index in [0.717, 1.165) is 103 Å². The monoisotopic (exact) mass is 911 g/mol. The van der Waals surface area contributed by atoms with Gasteiger partial charge < -0.3 is 39.9 Å². The minimum Gasteiger partial charge on any atom is -0.457 e. The van der Waals surface area contributed by atoms with Crippen molar-refractivity contribution in [1.82, 2.24) is 0 Å². The summed E-state index contributed by atoms with van der Waals surface area (Å²) in [4.78, 5) is 23.2. The quantitative estimate of drug-likeness (QED) is 0.0148. The van der Waals surface area contributed by atoms with E-state index >= 15 is 0 Å². The van der Waals surface area contributed by atoms with Crippen LogP contribution in [0.15, 0.2) is 72.9 Å². The predicted molar refractivity (Wildman–Crippen MR) is 253 cm³/mol. The lowest BCUT2D eigenvalue weighted by molar-refractivity contribution is -0.220. The number of phosphoric ester groups is 1. The van der Waals surface area contributed by atoms with E-state index in [-0.39, 0.29) is 13.0 Å². The highest BCUT2D eigenvalue weighted by atomic mass is 31.2. The van der Waals surface area contributed by atoms with Crippen LogP contribution in [0, 0.1) is 0 Å². The van der Waals surface area contributed by atoms with Crippen molar-refractivity contribution < 1.29 is 58.3 Å². The summed E-state index contributed by atoms with van der Waals surface area (Å²) in [6.45, 7) is 4.08. The highest BCUT2D eigenvalue weighted by Crippen LogP contribution is 2.47. The first kappa shape index (κ1) is 58.8. The van der Waals surface area contributed by atoms with Gasteiger partial charge in [-0.1, -0.05) is 157 Å². The molecule has 0 saturated heterocycles. The normalized spacial score (nSPS) is 22.5. The van der Waals surface area contributed by atoms with Crippen molar-refractivity contribution in [2.45, 2.75) is 217 Å². The predicted octanol–water partition coefficient (Wildman–Crippen LogP) is 10.4. The fourth-order valence-electron chi connectivity index (χ4n) is 6.96. The number of hydrogen-bond donors (Lipinski definition) is 6. The molecule has 0 spiro atoms. The molecule has 0 aliphatic heterocycles. The van der Waals surface area contributed by atoms with E-state index in [0.29, 0.717) is 13.0 Å². The number of carbonyl (C=O) groups is 1. The average molecular weight is 911 g/mol. The van der Waals surface area contributed by atoms with Gasteiger partial charge in [-0.2, -0.15) is 0 Å². The smallest absolute Gasteiger partial charge is 0.457 e. The molecule has 0 bridgehead atoms. The molecule has 364 valence electrons. The van der Waals surface area contributed by atoms with Gasteiger partial charge in [-0.15, -0.1) is 0 Å². The highest BCUT2D eigenvalue weighted by molar-refractivity contribution is 7.47. The van der Waals surface area contributed by atoms with Crippen molar-refractivity contribution in [1.29, 1.82) is 0 Å². The molecule has 0 heterocycles. The maximum Gasteiger partial charge on any atom is 0.472 e. The Morgan fingerprint density at radius 2 is 0.937 bits per heavy atom. The number of unbranched alkanes of at least 4 members (excludes halogenated alkanes) is 16. The van der Waals surface area contributed by atoms with Gasteiger partial charge in [0, 0.05) is 13.0 Å². The number of phosphoric acid groups is 1. The van der Waals surface area contributed by atoms with Crippen molar-refractivity contribution in [3.63, 3.8) is 0 Å². The van der Waals surface area contributed by atoms with Gasteiger partial charge in [0.05, 0.1) is 13.2 Å². The second kappa shape index (κ2) is 40.1. The van der Waals surface area contributed by atoms with Gasteiger partial charge in [0.2, 0.25) is 0 Å². The molecular weight excluding hydrogens is 824 g/mol. The third-order valence-corrected chi connectivity index (χ3v) is 11.8. The van der Waals surface area contributed by atoms with E-state index in [2.05, 4.69) is 86.8 Å². The van der Waals surface area contributed by atoms with Crippen LogP contribution in [0.3, 0.4) is 0 Å². The molecule has 13 heteroatoms. The molecule has 6 unspecified atom stereocenters. The maximum absolute atomic E-state index is 12.8. The van der Waals surface area contributed by atoms with Crippen LogP contribution >= 0.6 is 7.82 Å². The third kappa shape index (κ3) is 32.2. The molecule has 6 atom stereocenters. The van der Waals surface area contributed by atoms with Crippen LogP contribution in [0.4, 0.5) is 0 Å². The molecule has 1 rings (SSSR count). The summed E-state index contributed by atoms with van der Waals surface area (Å²) >= 11 is 0. The summed E-state index contributed by atoms with van der Waals surface area (Å²) < 4.78 is 34.2. The largest absolute Gasteiger partial charge is 0.472 e. The van der Waals surface area contributed by atoms with Gasteiger partial charge >= 0.3 is 13.8 Å². The number of carbonyl (C=O) groups excluding carboxylic acids is 1. The molecule has 6 N–H and O–H groups in total. The Bertz CT molecular complexity index is 1310. The SMILES string of the molecule is CC/C=C\C/C=C\C/C=C\C/C=C\CCCCCCCCCOCC(COP(=O)(O)OC1C(O)C(O)C(O)C(O)C1O)OC(=O)CCCCCCC/C=C\C/C=C\CCCCCC. The topological polar surface area (TPSA) is 192 Å². The Kier molecular flexibility index (Phi) is 37.4. The van der Waals surface area contributed by atoms with Crippen LogP contribution in [0.5, 0.6) is 0 Å². The van der Waals surface area contributed by atoms with E-state index in [9.17, 15) is 39.8 Å². The zero-order chi connectivity index (χ0) is 46.2. The molecule has 0 aromatic rings. The number of esters is 1. The third-order valence-electron chi connectivity index (χ3n) is 10.8. The molecule has 0 aromatic heterocycles. The van der Waals surface area contributed by atoms with Gasteiger partial charge in [0.1, 0.15) is 42.7 Å². The van der Waals surface area contributed by atoms with E-state index < -0.39 is 63.1 Å². The first-order valence-electron chi connectivity index (χ1n) is 24.3. The van der Waals surface area contributed by atoms with Crippen LogP contribution < -0.4 is 0 Å². The molecule has 0 amide bonds. The second-order valence-corrected chi connectivity index (χ2v) is 18.0. The molecular formula is C50H87O12P. The summed E-state index contributed by atoms with van der Waals surface area (Å²) in [5.74, 6) is -0.498. The lowest BCUT2D eigenvalue weighted by atomic mass is 9.85. The number of hydrogen-bond acceptors (Lipinski definition) is 11. The number of allylic oxidation sites excluding steroid dienone is 12. The Morgan fingerprint density at radius 3 is 1.43 bits per heavy atom. The van der Waals surface area contributed by atoms with Crippen LogP contribution in [0.2, 0.25) is 0 Å². The van der Waals surface area contributed by atoms with Crippen LogP contribution in [0.25, 0.3) is 0 Å². The molecule has 1 aliphatic carbocycles. The van der Waals surface area contributed by atoms with Crippen molar-refractivity contribution in [3.8, 4) is 0 Å². The van der Waals surface area contributed by atoms with Crippen molar-refractivity contribution in [2.75, 3.05) is 19.8 Å². The summed E-state index contributed by atoms with van der Waals surface area (Å²) in [7, 11) is -5.03. The zero-order valence-corrected chi connectivity index (χ0v) is 39.7. The molecule has 0 radical (unpaired) electrons. The Labute approximate surface area is 380 Å². The molecule has 0 aromatic carbocycles. The number of aliphatic hydroxyl groups excluding tert-OH is 5. The van der Waals surface area contributed by atoms with Gasteiger partial charge in [-0.3, -0.25) is 13.8 Å². The van der Waals surface area contributed by atoms with Crippen LogP contribution in [0.1, 0.15) is 174 Å². The number of aliphatic hydroxyl groups is 5. The van der Waals surface area contributed by atoms with E-state index in [1.807, 2.05) is 0 Å². The second-order valence-electron chi connectivity index (χ2n) is 16.6. The van der Waals surface area contributed by atoms with Crippen molar-refractivity contribution in [2.24, 2.45) is 0 Å². The van der Waals surface area contributed by atoms with Crippen LogP contribution in [-0.2, 0) is 27.9 Å². The maximum atomic E-state index is 12.8. The standard InChI is InChI=1S/C50H87O12P/c1-3-5-7-9-11-13-15-17-19-21-22-23-24-26-28-30-32-34-36-38-40-59-41-43(42-60-63(57,58)62-50-48(55)46(53)45(52)47(54)49(50)56)61-44(51)39-37-35-33-31-29-27-25-20-18-16-14-12-10-8-6-4-2/h5,7,11,13-14,16-17,19-20,22-23,25,43,45-50,52-56H,3-4,6,8-10,12,15,18,21,24,26-42H2,1-2H3,(H,57,58)/b7-5-,13-11-,16-14-,19-17-,23-22-,25-20-. The minimum absolute atomic E-state index is 0.0936. The van der Waals surface area contributed by atoms with E-state index in [1.165, 1.54) is 44.9 Å². The first-order chi connectivity index (χ1) is 30.5. The van der Waals surface area contributed by atoms with Crippen molar-refractivity contribution in [3.05, 3.63) is 72.9 Å². The molecule has 63 heavy (non-hydrogen) atoms. The zero-order valence-electron chi connectivity index (χ0n) is 38.8. The summed E-state index contributed by atoms with van der Waals surface area (Å²) in [6, 6.07) is 0. The van der Waals surface area contributed by atoms with E-state index in [4.69, 9.17) is 18.5 Å². The summed E-state index contributed by atoms with van der Waals surface area (Å²) in [5.41, 5.74) is 0. The lowest BCUT2D eigenvalue weighted by Crippen LogP contribution is -2.64. The highest BCUT2D eigenvalue weighted by Gasteiger charge is 2.51. The fraction of sp³-hybridized carbons (Fsp3) is 0.740. The van der Waals surface area contributed by atoms with Gasteiger partial charge in [-0.05, 0) is 83.5 Å². The lowest BCUT2D eigenvalue weighted by Gasteiger charge is -2.41.